The molecule has 0 spiro atoms. The number of hydrogen-bond donors (Lipinski definition) is 3. The molecule has 2 aromatic carbocycles. The summed E-state index contributed by atoms with van der Waals surface area (Å²) in [7, 11) is 0. The standard InChI is InChI=1S/C28H34N2O5/c1-19(10-9-15-25(31)32)29-26(33)28(16-7-2-8-17-28)30-27(34)35-18-24-22-13-5-3-11-20(22)21-12-4-6-14-23(21)24/h3-6,11-14,19,24H,2,7-10,15-18H2,1H3,(H,29,33)(H,30,34)(H,31,32). The molecule has 186 valence electrons. The molecule has 0 heterocycles. The van der Waals surface area contributed by atoms with Gasteiger partial charge >= 0.3 is 12.1 Å². The monoisotopic (exact) mass is 478 g/mol. The Morgan fingerprint density at radius 1 is 1.00 bits per heavy atom. The molecule has 0 aromatic heterocycles. The van der Waals surface area contributed by atoms with E-state index >= 15 is 0 Å². The van der Waals surface area contributed by atoms with Crippen molar-refractivity contribution < 1.29 is 24.2 Å². The lowest BCUT2D eigenvalue weighted by Crippen LogP contribution is -2.61. The number of benzene rings is 2. The Kier molecular flexibility index (Phi) is 7.73. The first-order chi connectivity index (χ1) is 16.9. The first kappa shape index (κ1) is 24.8. The fourth-order valence-corrected chi connectivity index (χ4v) is 5.39. The smallest absolute Gasteiger partial charge is 0.408 e. The average molecular weight is 479 g/mol. The van der Waals surface area contributed by atoms with Gasteiger partial charge in [-0.15, -0.1) is 0 Å². The van der Waals surface area contributed by atoms with Crippen molar-refractivity contribution in [3.05, 3.63) is 59.7 Å². The van der Waals surface area contributed by atoms with Gasteiger partial charge in [0.05, 0.1) is 0 Å². The van der Waals surface area contributed by atoms with E-state index in [0.29, 0.717) is 25.7 Å². The highest BCUT2D eigenvalue weighted by Crippen LogP contribution is 2.44. The zero-order chi connectivity index (χ0) is 24.8. The minimum atomic E-state index is -0.998. The highest BCUT2D eigenvalue weighted by Gasteiger charge is 2.42. The summed E-state index contributed by atoms with van der Waals surface area (Å²) >= 11 is 0. The van der Waals surface area contributed by atoms with Gasteiger partial charge in [0, 0.05) is 18.4 Å². The highest BCUT2D eigenvalue weighted by molar-refractivity contribution is 5.90. The second kappa shape index (κ2) is 10.9. The van der Waals surface area contributed by atoms with Crippen molar-refractivity contribution in [2.45, 2.75) is 75.8 Å². The number of hydrogen-bond acceptors (Lipinski definition) is 4. The lowest BCUT2D eigenvalue weighted by atomic mass is 9.80. The second-order valence-corrected chi connectivity index (χ2v) is 9.75. The molecule has 2 amide bonds. The van der Waals surface area contributed by atoms with Crippen LogP contribution in [0.15, 0.2) is 48.5 Å². The van der Waals surface area contributed by atoms with Crippen molar-refractivity contribution >= 4 is 18.0 Å². The SMILES string of the molecule is CC(CCCC(=O)O)NC(=O)C1(NC(=O)OCC2c3ccccc3-c3ccccc32)CCCCC1. The molecule has 1 unspecified atom stereocenters. The van der Waals surface area contributed by atoms with E-state index < -0.39 is 17.6 Å². The zero-order valence-corrected chi connectivity index (χ0v) is 20.2. The van der Waals surface area contributed by atoms with Crippen molar-refractivity contribution in [2.24, 2.45) is 0 Å². The van der Waals surface area contributed by atoms with Crippen LogP contribution in [0, 0.1) is 0 Å². The van der Waals surface area contributed by atoms with Gasteiger partial charge < -0.3 is 20.5 Å². The number of rotatable bonds is 9. The lowest BCUT2D eigenvalue weighted by molar-refractivity contribution is -0.137. The summed E-state index contributed by atoms with van der Waals surface area (Å²) in [6.45, 7) is 2.06. The van der Waals surface area contributed by atoms with Gasteiger partial charge in [-0.05, 0) is 54.9 Å². The summed E-state index contributed by atoms with van der Waals surface area (Å²) in [5, 5.41) is 14.7. The predicted octanol–water partition coefficient (Wildman–Crippen LogP) is 4.99. The molecule has 4 rings (SSSR count). The number of carboxylic acids is 1. The predicted molar refractivity (Wildman–Crippen MR) is 133 cm³/mol. The number of nitrogens with one attached hydrogen (secondary N) is 2. The number of ether oxygens (including phenoxy) is 1. The Morgan fingerprint density at radius 2 is 1.60 bits per heavy atom. The fourth-order valence-electron chi connectivity index (χ4n) is 5.39. The summed E-state index contributed by atoms with van der Waals surface area (Å²) in [5.41, 5.74) is 3.61. The van der Waals surface area contributed by atoms with E-state index in [-0.39, 0.29) is 30.9 Å². The van der Waals surface area contributed by atoms with Crippen LogP contribution in [0.25, 0.3) is 11.1 Å². The molecule has 0 radical (unpaired) electrons. The van der Waals surface area contributed by atoms with Crippen LogP contribution in [0.1, 0.15) is 75.3 Å². The Morgan fingerprint density at radius 3 is 2.20 bits per heavy atom. The van der Waals surface area contributed by atoms with E-state index in [0.717, 1.165) is 41.5 Å². The topological polar surface area (TPSA) is 105 Å². The van der Waals surface area contributed by atoms with Gasteiger partial charge in [-0.3, -0.25) is 9.59 Å². The number of fused-ring (bicyclic) bond motifs is 3. The van der Waals surface area contributed by atoms with Crippen LogP contribution in [-0.4, -0.2) is 41.3 Å². The molecule has 1 atom stereocenters. The third kappa shape index (κ3) is 5.66. The molecule has 0 bridgehead atoms. The van der Waals surface area contributed by atoms with Crippen molar-refractivity contribution in [1.82, 2.24) is 10.6 Å². The number of carbonyl (C=O) groups is 3. The lowest BCUT2D eigenvalue weighted by Gasteiger charge is -2.37. The van der Waals surface area contributed by atoms with E-state index in [4.69, 9.17) is 9.84 Å². The molecule has 2 aromatic rings. The van der Waals surface area contributed by atoms with Crippen molar-refractivity contribution in [2.75, 3.05) is 6.61 Å². The Bertz CT molecular complexity index is 1030. The van der Waals surface area contributed by atoms with E-state index in [1.54, 1.807) is 0 Å². The number of carbonyl (C=O) groups excluding carboxylic acids is 2. The van der Waals surface area contributed by atoms with E-state index in [1.165, 1.54) is 0 Å². The first-order valence-electron chi connectivity index (χ1n) is 12.6. The maximum atomic E-state index is 13.3. The minimum absolute atomic E-state index is 0.0430. The van der Waals surface area contributed by atoms with E-state index in [9.17, 15) is 14.4 Å². The summed E-state index contributed by atoms with van der Waals surface area (Å²) in [6, 6.07) is 16.2. The van der Waals surface area contributed by atoms with Crippen LogP contribution >= 0.6 is 0 Å². The van der Waals surface area contributed by atoms with Gasteiger partial charge in [-0.2, -0.15) is 0 Å². The highest BCUT2D eigenvalue weighted by atomic mass is 16.5. The molecule has 3 N–H and O–H groups in total. The molecule has 7 heteroatoms. The summed E-state index contributed by atoms with van der Waals surface area (Å²) < 4.78 is 5.72. The maximum absolute atomic E-state index is 13.3. The zero-order valence-electron chi connectivity index (χ0n) is 20.2. The number of aliphatic carboxylic acids is 1. The van der Waals surface area contributed by atoms with Crippen LogP contribution in [0.3, 0.4) is 0 Å². The molecule has 7 nitrogen and oxygen atoms in total. The number of alkyl carbamates (subject to hydrolysis) is 1. The van der Waals surface area contributed by atoms with Crippen molar-refractivity contribution in [3.63, 3.8) is 0 Å². The van der Waals surface area contributed by atoms with Crippen LogP contribution in [0.2, 0.25) is 0 Å². The molecule has 0 aliphatic heterocycles. The summed E-state index contributed by atoms with van der Waals surface area (Å²) in [6.07, 6.45) is 4.40. The third-order valence-corrected chi connectivity index (χ3v) is 7.23. The molecular weight excluding hydrogens is 444 g/mol. The van der Waals surface area contributed by atoms with Gasteiger partial charge in [0.25, 0.3) is 0 Å². The minimum Gasteiger partial charge on any atom is -0.481 e. The largest absolute Gasteiger partial charge is 0.481 e. The summed E-state index contributed by atoms with van der Waals surface area (Å²) in [4.78, 5) is 37.0. The number of amides is 2. The van der Waals surface area contributed by atoms with Gasteiger partial charge in [-0.1, -0.05) is 67.8 Å². The van der Waals surface area contributed by atoms with E-state index in [1.807, 2.05) is 31.2 Å². The molecular formula is C28H34N2O5. The van der Waals surface area contributed by atoms with Crippen LogP contribution in [-0.2, 0) is 14.3 Å². The van der Waals surface area contributed by atoms with Crippen molar-refractivity contribution in [3.8, 4) is 11.1 Å². The van der Waals surface area contributed by atoms with Gasteiger partial charge in [0.2, 0.25) is 5.91 Å². The average Bonchev–Trinajstić information content (AvgIpc) is 3.17. The fraction of sp³-hybridized carbons (Fsp3) is 0.464. The normalized spacial score (nSPS) is 17.1. The van der Waals surface area contributed by atoms with Gasteiger partial charge in [-0.25, -0.2) is 4.79 Å². The molecule has 0 saturated heterocycles. The molecule has 1 fully saturated rings. The van der Waals surface area contributed by atoms with Crippen LogP contribution < -0.4 is 10.6 Å². The maximum Gasteiger partial charge on any atom is 0.408 e. The molecule has 35 heavy (non-hydrogen) atoms. The van der Waals surface area contributed by atoms with Gasteiger partial charge in [0.1, 0.15) is 12.1 Å². The van der Waals surface area contributed by atoms with Crippen molar-refractivity contribution in [1.29, 1.82) is 0 Å². The van der Waals surface area contributed by atoms with Crippen LogP contribution in [0.5, 0.6) is 0 Å². The quantitative estimate of drug-likeness (QED) is 0.471. The molecule has 2 aliphatic rings. The Hall–Kier alpha value is -3.35. The number of carboxylic acid groups (broad SMARTS) is 1. The van der Waals surface area contributed by atoms with Gasteiger partial charge in [0.15, 0.2) is 0 Å². The van der Waals surface area contributed by atoms with Crippen LogP contribution in [0.4, 0.5) is 4.79 Å². The molecule has 2 aliphatic carbocycles. The third-order valence-electron chi connectivity index (χ3n) is 7.23. The Labute approximate surface area is 206 Å². The molecule has 1 saturated carbocycles. The first-order valence-corrected chi connectivity index (χ1v) is 12.6. The second-order valence-electron chi connectivity index (χ2n) is 9.75. The summed E-state index contributed by atoms with van der Waals surface area (Å²) in [5.74, 6) is -1.10. The Balaban J connectivity index is 1.39. The van der Waals surface area contributed by atoms with E-state index in [2.05, 4.69) is 34.9 Å².